The highest BCUT2D eigenvalue weighted by Gasteiger charge is 2.30. The van der Waals surface area contributed by atoms with E-state index in [4.69, 9.17) is 4.98 Å². The molecule has 0 saturated heterocycles. The summed E-state index contributed by atoms with van der Waals surface area (Å²) < 4.78 is 0. The molecule has 0 aliphatic heterocycles. The highest BCUT2D eigenvalue weighted by Crippen LogP contribution is 2.30. The maximum atomic E-state index is 4.77. The molecule has 1 N–H and O–H groups in total. The van der Waals surface area contributed by atoms with Gasteiger partial charge in [-0.25, -0.2) is 9.97 Å². The van der Waals surface area contributed by atoms with Crippen LogP contribution in [0.2, 0.25) is 0 Å². The minimum atomic E-state index is 0.673. The summed E-state index contributed by atoms with van der Waals surface area (Å²) in [7, 11) is 0. The number of rotatable bonds is 9. The van der Waals surface area contributed by atoms with Crippen molar-refractivity contribution in [2.24, 2.45) is 5.92 Å². The summed E-state index contributed by atoms with van der Waals surface area (Å²) in [6.07, 6.45) is 6.95. The number of nitrogens with one attached hydrogen (secondary N) is 1. The molecular formula is C17H30N4. The molecule has 0 radical (unpaired) electrons. The zero-order valence-corrected chi connectivity index (χ0v) is 14.0. The molecule has 21 heavy (non-hydrogen) atoms. The van der Waals surface area contributed by atoms with Crippen LogP contribution >= 0.6 is 0 Å². The van der Waals surface area contributed by atoms with Crippen LogP contribution in [-0.2, 0) is 6.54 Å². The Bertz CT molecular complexity index is 440. The first-order chi connectivity index (χ1) is 10.1. The molecule has 0 bridgehead atoms. The van der Waals surface area contributed by atoms with Gasteiger partial charge >= 0.3 is 0 Å². The standard InChI is InChI=1S/C17H30N4/c1-5-9-18-11-15-12-19-17(20-14(15)4)21(16-6-7-16)10-8-13(2)3/h12-13,16,18H,5-11H2,1-4H3. The molecule has 4 nitrogen and oxygen atoms in total. The van der Waals surface area contributed by atoms with Crippen molar-refractivity contribution in [3.05, 3.63) is 17.5 Å². The van der Waals surface area contributed by atoms with Crippen LogP contribution in [0.4, 0.5) is 5.95 Å². The smallest absolute Gasteiger partial charge is 0.225 e. The minimum Gasteiger partial charge on any atom is -0.338 e. The van der Waals surface area contributed by atoms with Crippen LogP contribution in [0, 0.1) is 12.8 Å². The molecule has 1 heterocycles. The molecule has 0 amide bonds. The lowest BCUT2D eigenvalue weighted by Gasteiger charge is -2.24. The third kappa shape index (κ3) is 4.95. The van der Waals surface area contributed by atoms with Crippen LogP contribution in [0.5, 0.6) is 0 Å². The van der Waals surface area contributed by atoms with E-state index in [2.05, 4.69) is 42.9 Å². The van der Waals surface area contributed by atoms with Crippen LogP contribution in [0.15, 0.2) is 6.20 Å². The second kappa shape index (κ2) is 7.74. The van der Waals surface area contributed by atoms with Gasteiger partial charge in [0.05, 0.1) is 0 Å². The van der Waals surface area contributed by atoms with Crippen molar-refractivity contribution in [1.29, 1.82) is 0 Å². The zero-order valence-electron chi connectivity index (χ0n) is 14.0. The van der Waals surface area contributed by atoms with Gasteiger partial charge in [-0.3, -0.25) is 0 Å². The molecule has 1 aromatic heterocycles. The van der Waals surface area contributed by atoms with Crippen molar-refractivity contribution in [1.82, 2.24) is 15.3 Å². The first-order valence-electron chi connectivity index (χ1n) is 8.41. The Morgan fingerprint density at radius 3 is 2.71 bits per heavy atom. The number of anilines is 1. The Kier molecular flexibility index (Phi) is 5.97. The fraction of sp³-hybridized carbons (Fsp3) is 0.765. The van der Waals surface area contributed by atoms with Crippen molar-refractivity contribution in [3.8, 4) is 0 Å². The highest BCUT2D eigenvalue weighted by molar-refractivity contribution is 5.36. The predicted octanol–water partition coefficient (Wildman–Crippen LogP) is 3.30. The van der Waals surface area contributed by atoms with Crippen LogP contribution in [0.1, 0.15) is 57.7 Å². The van der Waals surface area contributed by atoms with E-state index in [0.29, 0.717) is 6.04 Å². The summed E-state index contributed by atoms with van der Waals surface area (Å²) >= 11 is 0. The lowest BCUT2D eigenvalue weighted by molar-refractivity contribution is 0.565. The van der Waals surface area contributed by atoms with Crippen molar-refractivity contribution in [3.63, 3.8) is 0 Å². The molecule has 1 aliphatic rings. The van der Waals surface area contributed by atoms with Crippen molar-refractivity contribution < 1.29 is 0 Å². The lowest BCUT2D eigenvalue weighted by Crippen LogP contribution is -2.30. The molecule has 1 saturated carbocycles. The van der Waals surface area contributed by atoms with Crippen LogP contribution in [0.3, 0.4) is 0 Å². The minimum absolute atomic E-state index is 0.673. The van der Waals surface area contributed by atoms with E-state index >= 15 is 0 Å². The molecule has 1 fully saturated rings. The van der Waals surface area contributed by atoms with Crippen molar-refractivity contribution >= 4 is 5.95 Å². The Hall–Kier alpha value is -1.16. The first kappa shape index (κ1) is 16.2. The lowest BCUT2D eigenvalue weighted by atomic mass is 10.1. The van der Waals surface area contributed by atoms with Crippen LogP contribution in [0.25, 0.3) is 0 Å². The molecular weight excluding hydrogens is 260 g/mol. The van der Waals surface area contributed by atoms with E-state index in [1.807, 2.05) is 6.20 Å². The summed E-state index contributed by atoms with van der Waals surface area (Å²) in [5.41, 5.74) is 2.32. The number of aromatic nitrogens is 2. The molecule has 0 spiro atoms. The van der Waals surface area contributed by atoms with Gasteiger partial charge in [0.25, 0.3) is 0 Å². The van der Waals surface area contributed by atoms with E-state index in [1.165, 1.54) is 24.8 Å². The Morgan fingerprint density at radius 1 is 1.38 bits per heavy atom. The normalized spacial score (nSPS) is 14.7. The largest absolute Gasteiger partial charge is 0.338 e. The topological polar surface area (TPSA) is 41.1 Å². The van der Waals surface area contributed by atoms with Gasteiger partial charge in [0.1, 0.15) is 0 Å². The quantitative estimate of drug-likeness (QED) is 0.709. The summed E-state index contributed by atoms with van der Waals surface area (Å²) in [6, 6.07) is 0.673. The van der Waals surface area contributed by atoms with Gasteiger partial charge in [0.15, 0.2) is 0 Å². The molecule has 1 aromatic rings. The predicted molar refractivity (Wildman–Crippen MR) is 88.6 cm³/mol. The third-order valence-electron chi connectivity index (χ3n) is 4.00. The van der Waals surface area contributed by atoms with Gasteiger partial charge in [-0.15, -0.1) is 0 Å². The van der Waals surface area contributed by atoms with Gasteiger partial charge in [-0.2, -0.15) is 0 Å². The molecule has 0 unspecified atom stereocenters. The molecule has 0 aromatic carbocycles. The second-order valence-corrected chi connectivity index (χ2v) is 6.56. The molecule has 0 atom stereocenters. The van der Waals surface area contributed by atoms with Crippen LogP contribution < -0.4 is 10.2 Å². The summed E-state index contributed by atoms with van der Waals surface area (Å²) in [6.45, 7) is 11.8. The van der Waals surface area contributed by atoms with Gasteiger partial charge < -0.3 is 10.2 Å². The van der Waals surface area contributed by atoms with Gasteiger partial charge in [0, 0.05) is 36.6 Å². The Balaban J connectivity index is 2.02. The van der Waals surface area contributed by atoms with E-state index in [0.717, 1.165) is 43.6 Å². The number of hydrogen-bond donors (Lipinski definition) is 1. The summed E-state index contributed by atoms with van der Waals surface area (Å²) in [5.74, 6) is 1.65. The molecule has 4 heteroatoms. The van der Waals surface area contributed by atoms with Crippen molar-refractivity contribution in [2.45, 2.75) is 66.0 Å². The molecule has 2 rings (SSSR count). The fourth-order valence-electron chi connectivity index (χ4n) is 2.42. The SMILES string of the molecule is CCCNCc1cnc(N(CCC(C)C)C2CC2)nc1C. The van der Waals surface area contributed by atoms with Gasteiger partial charge in [0.2, 0.25) is 5.95 Å². The van der Waals surface area contributed by atoms with Gasteiger partial charge in [-0.05, 0) is 45.1 Å². The average Bonchev–Trinajstić information content (AvgIpc) is 3.26. The first-order valence-corrected chi connectivity index (χ1v) is 8.41. The van der Waals surface area contributed by atoms with E-state index in [9.17, 15) is 0 Å². The monoisotopic (exact) mass is 290 g/mol. The maximum Gasteiger partial charge on any atom is 0.225 e. The fourth-order valence-corrected chi connectivity index (χ4v) is 2.42. The van der Waals surface area contributed by atoms with Crippen molar-refractivity contribution in [2.75, 3.05) is 18.0 Å². The summed E-state index contributed by atoms with van der Waals surface area (Å²) in [5, 5.41) is 3.42. The maximum absolute atomic E-state index is 4.77. The molecule has 1 aliphatic carbocycles. The molecule has 118 valence electrons. The third-order valence-corrected chi connectivity index (χ3v) is 4.00. The van der Waals surface area contributed by atoms with E-state index in [1.54, 1.807) is 0 Å². The Labute approximate surface area is 129 Å². The van der Waals surface area contributed by atoms with Gasteiger partial charge in [-0.1, -0.05) is 20.8 Å². The highest BCUT2D eigenvalue weighted by atomic mass is 15.3. The number of aryl methyl sites for hydroxylation is 1. The van der Waals surface area contributed by atoms with Crippen LogP contribution in [-0.4, -0.2) is 29.1 Å². The summed E-state index contributed by atoms with van der Waals surface area (Å²) in [4.78, 5) is 11.8. The van der Waals surface area contributed by atoms with E-state index < -0.39 is 0 Å². The number of nitrogens with zero attached hydrogens (tertiary/aromatic N) is 3. The number of hydrogen-bond acceptors (Lipinski definition) is 4. The average molecular weight is 290 g/mol. The van der Waals surface area contributed by atoms with E-state index in [-0.39, 0.29) is 0 Å². The second-order valence-electron chi connectivity index (χ2n) is 6.56. The zero-order chi connectivity index (χ0) is 15.2. The Morgan fingerprint density at radius 2 is 2.14 bits per heavy atom.